The molecule has 1 unspecified atom stereocenters. The van der Waals surface area contributed by atoms with Crippen molar-refractivity contribution in [2.24, 2.45) is 34.5 Å². The van der Waals surface area contributed by atoms with Gasteiger partial charge in [0.15, 0.2) is 15.6 Å². The third-order valence-corrected chi connectivity index (χ3v) is 16.3. The molecular weight excluding hydrogens is 669 g/mol. The Morgan fingerprint density at radius 2 is 1.49 bits per heavy atom. The predicted octanol–water partition coefficient (Wildman–Crippen LogP) is 5.35. The Bertz CT molecular complexity index is 1450. The fraction of sp³-hybridized carbons (Fsp3) is 0.872. The van der Waals surface area contributed by atoms with Crippen LogP contribution in [-0.4, -0.2) is 83.4 Å². The van der Waals surface area contributed by atoms with Crippen molar-refractivity contribution in [2.75, 3.05) is 12.3 Å². The summed E-state index contributed by atoms with van der Waals surface area (Å²) in [6.07, 6.45) is 8.55. The quantitative estimate of drug-likeness (QED) is 0.215. The maximum Gasteiger partial charge on any atom is 0.315 e. The number of nitrogens with one attached hydrogen (secondary N) is 3. The van der Waals surface area contributed by atoms with Gasteiger partial charge in [-0.25, -0.2) is 13.2 Å². The van der Waals surface area contributed by atoms with E-state index in [4.69, 9.17) is 0 Å². The Morgan fingerprint density at radius 1 is 0.902 bits per heavy atom. The van der Waals surface area contributed by atoms with Gasteiger partial charge in [-0.15, -0.1) is 0 Å². The van der Waals surface area contributed by atoms with E-state index in [0.29, 0.717) is 19.4 Å². The van der Waals surface area contributed by atoms with Crippen LogP contribution in [0.1, 0.15) is 140 Å². The first kappa shape index (κ1) is 41.3. The molecule has 4 rings (SSSR count). The highest BCUT2D eigenvalue weighted by atomic mass is 32.2. The van der Waals surface area contributed by atoms with Crippen LogP contribution in [0.25, 0.3) is 0 Å². The second-order valence-corrected chi connectivity index (χ2v) is 21.1. The minimum absolute atomic E-state index is 0.0817. The van der Waals surface area contributed by atoms with Gasteiger partial charge in [-0.2, -0.15) is 0 Å². The molecule has 8 atom stereocenters. The van der Waals surface area contributed by atoms with E-state index in [1.165, 1.54) is 6.92 Å². The smallest absolute Gasteiger partial charge is 0.315 e. The Hall–Kier alpha value is -2.50. The van der Waals surface area contributed by atoms with Gasteiger partial charge in [0.25, 0.3) is 0 Å². The number of hydrogen-bond donors (Lipinski definition) is 3. The molecule has 4 fully saturated rings. The molecule has 0 aromatic rings. The number of carbonyl (C=O) groups excluding carboxylic acids is 5. The summed E-state index contributed by atoms with van der Waals surface area (Å²) >= 11 is 0. The van der Waals surface area contributed by atoms with Gasteiger partial charge in [0.2, 0.25) is 17.6 Å². The molecule has 4 amide bonds. The van der Waals surface area contributed by atoms with Gasteiger partial charge >= 0.3 is 6.03 Å². The number of nitrogens with zero attached hydrogens (tertiary/aromatic N) is 1. The van der Waals surface area contributed by atoms with E-state index in [1.807, 2.05) is 27.7 Å². The number of Topliss-reactive ketones (excluding diaryl/α,β-unsaturated/α-hetero) is 2. The molecule has 0 radical (unpaired) electrons. The normalized spacial score (nSPS) is 31.1. The topological polar surface area (TPSA) is 159 Å². The van der Waals surface area contributed by atoms with Crippen LogP contribution < -0.4 is 16.0 Å². The number of sulfone groups is 1. The largest absolute Gasteiger partial charge is 0.344 e. The zero-order chi connectivity index (χ0) is 38.3. The van der Waals surface area contributed by atoms with Crippen molar-refractivity contribution in [3.05, 3.63) is 0 Å². The van der Waals surface area contributed by atoms with Crippen LogP contribution in [0.2, 0.25) is 0 Å². The Balaban J connectivity index is 1.67. The summed E-state index contributed by atoms with van der Waals surface area (Å²) in [5.41, 5.74) is -1.79. The first-order valence-electron chi connectivity index (χ1n) is 19.5. The molecule has 0 aromatic heterocycles. The lowest BCUT2D eigenvalue weighted by molar-refractivity contribution is -0.145. The number of urea groups is 1. The number of carbonyl (C=O) groups is 5. The number of piperidine rings is 1. The molecule has 1 aliphatic heterocycles. The van der Waals surface area contributed by atoms with Gasteiger partial charge in [-0.3, -0.25) is 19.2 Å². The van der Waals surface area contributed by atoms with Gasteiger partial charge in [0.1, 0.15) is 12.1 Å². The second kappa shape index (κ2) is 15.1. The van der Waals surface area contributed by atoms with Crippen LogP contribution in [0.3, 0.4) is 0 Å². The second-order valence-electron chi connectivity index (χ2n) is 18.4. The number of hydrogen-bond acceptors (Lipinski definition) is 7. The molecule has 0 spiro atoms. The van der Waals surface area contributed by atoms with Crippen LogP contribution in [0.4, 0.5) is 4.79 Å². The molecule has 0 bridgehead atoms. The molecule has 3 aliphatic carbocycles. The number of ketones is 2. The predicted molar refractivity (Wildman–Crippen MR) is 199 cm³/mol. The molecule has 12 heteroatoms. The van der Waals surface area contributed by atoms with E-state index >= 15 is 0 Å². The highest BCUT2D eigenvalue weighted by Crippen LogP contribution is 2.65. The summed E-state index contributed by atoms with van der Waals surface area (Å²) in [5.74, 6) is -2.48. The Morgan fingerprint density at radius 3 is 2.02 bits per heavy atom. The zero-order valence-electron chi connectivity index (χ0n) is 32.9. The summed E-state index contributed by atoms with van der Waals surface area (Å²) in [5, 5.41) is 9.13. The fourth-order valence-electron chi connectivity index (χ4n) is 9.55. The summed E-state index contributed by atoms with van der Waals surface area (Å²) in [7, 11) is -3.62. The van der Waals surface area contributed by atoms with E-state index in [0.717, 1.165) is 57.8 Å². The Labute approximate surface area is 306 Å². The maximum absolute atomic E-state index is 14.9. The minimum Gasteiger partial charge on any atom is -0.344 e. The molecule has 290 valence electrons. The average molecular weight is 735 g/mol. The fourth-order valence-corrected chi connectivity index (χ4v) is 11.3. The lowest BCUT2D eigenvalue weighted by Crippen LogP contribution is -2.68. The number of likely N-dealkylation sites (tertiary alicyclic amines) is 1. The number of fused-ring (bicyclic) bond motifs is 1. The molecule has 11 nitrogen and oxygen atoms in total. The van der Waals surface area contributed by atoms with Gasteiger partial charge in [0, 0.05) is 13.5 Å². The van der Waals surface area contributed by atoms with Gasteiger partial charge in [-0.05, 0) is 87.4 Å². The van der Waals surface area contributed by atoms with Crippen molar-refractivity contribution in [2.45, 2.75) is 168 Å². The highest BCUT2D eigenvalue weighted by molar-refractivity contribution is 7.92. The van der Waals surface area contributed by atoms with Crippen molar-refractivity contribution < 1.29 is 32.4 Å². The van der Waals surface area contributed by atoms with Crippen molar-refractivity contribution >= 4 is 39.2 Å². The number of rotatable bonds is 13. The standard InChI is InChI=1S/C39H66N4O7S/c1-11-12-19-28(31(45)26(4)44)40-33(46)30-29-27(37(29,8)9)22-43(30)34(47)32(38(10)20-14-13-15-21-38)41-35(48)42-39(23-51(49,50)36(5,6)7)24(2)17-16-18-25(39)3/h24-25,27-30,32H,11-23H2,1-10H3,(H,40,46)(H2,41,42,48)/t24-,25+,27-,28?,29-,30-,32+,39+/m0/s1. The van der Waals surface area contributed by atoms with Crippen molar-refractivity contribution in [3.63, 3.8) is 0 Å². The lowest BCUT2D eigenvalue weighted by Gasteiger charge is -2.49. The van der Waals surface area contributed by atoms with E-state index < -0.39 is 67.2 Å². The molecular formula is C39H66N4O7S. The monoisotopic (exact) mass is 734 g/mol. The van der Waals surface area contributed by atoms with Gasteiger partial charge in [0.05, 0.1) is 22.1 Å². The molecule has 3 N–H and O–H groups in total. The first-order valence-corrected chi connectivity index (χ1v) is 21.2. The SMILES string of the molecule is CCCCC(NC(=O)[C@@H]1[C@@H]2[C@H](CN1C(=O)[C@@H](NC(=O)N[C@@]1(CS(=O)(=O)C(C)(C)C)[C@H](C)CCC[C@@H]1C)C1(C)CCCCC1)C2(C)C)C(=O)C(C)=O. The van der Waals surface area contributed by atoms with Crippen LogP contribution in [0, 0.1) is 34.5 Å². The molecule has 1 heterocycles. The number of amides is 4. The third kappa shape index (κ3) is 8.20. The summed E-state index contributed by atoms with van der Waals surface area (Å²) in [6.45, 7) is 18.8. The number of unbranched alkanes of at least 4 members (excludes halogenated alkanes) is 1. The lowest BCUT2D eigenvalue weighted by atomic mass is 9.68. The van der Waals surface area contributed by atoms with Crippen LogP contribution in [0.15, 0.2) is 0 Å². The summed E-state index contributed by atoms with van der Waals surface area (Å²) < 4.78 is 26.4. The van der Waals surface area contributed by atoms with Gasteiger partial charge < -0.3 is 20.9 Å². The minimum atomic E-state index is -3.62. The van der Waals surface area contributed by atoms with E-state index in [1.54, 1.807) is 25.7 Å². The van der Waals surface area contributed by atoms with E-state index in [2.05, 4.69) is 29.8 Å². The van der Waals surface area contributed by atoms with E-state index in [9.17, 15) is 32.4 Å². The van der Waals surface area contributed by atoms with Crippen molar-refractivity contribution in [3.8, 4) is 0 Å². The summed E-state index contributed by atoms with van der Waals surface area (Å²) in [6, 6.07) is -3.32. The van der Waals surface area contributed by atoms with Gasteiger partial charge in [-0.1, -0.05) is 80.1 Å². The molecule has 4 aliphatic rings. The van der Waals surface area contributed by atoms with Crippen LogP contribution in [-0.2, 0) is 29.0 Å². The Kier molecular flexibility index (Phi) is 12.2. The van der Waals surface area contributed by atoms with Crippen LogP contribution in [0.5, 0.6) is 0 Å². The van der Waals surface area contributed by atoms with Crippen molar-refractivity contribution in [1.82, 2.24) is 20.9 Å². The average Bonchev–Trinajstić information content (AvgIpc) is 3.34. The summed E-state index contributed by atoms with van der Waals surface area (Å²) in [4.78, 5) is 69.9. The van der Waals surface area contributed by atoms with E-state index in [-0.39, 0.29) is 40.7 Å². The first-order chi connectivity index (χ1) is 23.5. The molecule has 0 aromatic carbocycles. The molecule has 1 saturated heterocycles. The van der Waals surface area contributed by atoms with Crippen LogP contribution >= 0.6 is 0 Å². The molecule has 51 heavy (non-hydrogen) atoms. The van der Waals surface area contributed by atoms with Crippen molar-refractivity contribution in [1.29, 1.82) is 0 Å². The zero-order valence-corrected chi connectivity index (χ0v) is 33.8. The molecule has 3 saturated carbocycles. The highest BCUT2D eigenvalue weighted by Gasteiger charge is 2.70. The third-order valence-electron chi connectivity index (χ3n) is 13.5. The maximum atomic E-state index is 14.9.